The van der Waals surface area contributed by atoms with Crippen LogP contribution in [0.25, 0.3) is 55.6 Å². The molecule has 0 spiro atoms. The first-order chi connectivity index (χ1) is 14.8. The third-order valence-electron chi connectivity index (χ3n) is 6.07. The van der Waals surface area contributed by atoms with E-state index in [9.17, 15) is 0 Å². The molecule has 0 radical (unpaired) electrons. The molecule has 2 aromatic heterocycles. The van der Waals surface area contributed by atoms with Crippen LogP contribution in [-0.2, 0) is 0 Å². The maximum absolute atomic E-state index is 5.09. The number of aromatic nitrogens is 2. The Morgan fingerprint density at radius 2 is 1.50 bits per heavy atom. The Bertz CT molecular complexity index is 1620. The molecule has 0 saturated heterocycles. The lowest BCUT2D eigenvalue weighted by molar-refractivity contribution is 1.29. The van der Waals surface area contributed by atoms with Gasteiger partial charge in [-0.15, -0.1) is 0 Å². The van der Waals surface area contributed by atoms with Crippen molar-refractivity contribution in [3.05, 3.63) is 103 Å². The Balaban J connectivity index is 1.95. The predicted molar refractivity (Wildman–Crippen MR) is 128 cm³/mol. The lowest BCUT2D eigenvalue weighted by Gasteiger charge is -2.16. The van der Waals surface area contributed by atoms with Crippen LogP contribution >= 0.6 is 0 Å². The molecule has 2 heteroatoms. The van der Waals surface area contributed by atoms with Crippen LogP contribution in [0.1, 0.15) is 11.1 Å². The molecule has 0 aliphatic rings. The monoisotopic (exact) mass is 384 g/mol. The minimum absolute atomic E-state index is 0.975. The van der Waals surface area contributed by atoms with Crippen LogP contribution in [0, 0.1) is 6.92 Å². The number of benzene rings is 4. The number of aryl methyl sites for hydroxylation is 1. The number of nitrogens with zero attached hydrogens (tertiary/aromatic N) is 2. The molecular weight excluding hydrogens is 364 g/mol. The Kier molecular flexibility index (Phi) is 3.57. The number of pyridine rings is 1. The van der Waals surface area contributed by atoms with E-state index in [1.165, 1.54) is 27.3 Å². The summed E-state index contributed by atoms with van der Waals surface area (Å²) in [6.45, 7) is 6.36. The van der Waals surface area contributed by atoms with Crippen molar-refractivity contribution in [1.29, 1.82) is 0 Å². The van der Waals surface area contributed by atoms with Gasteiger partial charge in [0.2, 0.25) is 0 Å². The molecule has 6 rings (SSSR count). The van der Waals surface area contributed by atoms with E-state index in [1.54, 1.807) is 0 Å². The van der Waals surface area contributed by atoms with Gasteiger partial charge in [0.05, 0.1) is 16.6 Å². The maximum Gasteiger partial charge on any atom is 0.146 e. The molecule has 0 unspecified atom stereocenters. The Hall–Kier alpha value is -3.91. The minimum atomic E-state index is 0.975. The lowest BCUT2D eigenvalue weighted by Crippen LogP contribution is -1.98. The fraction of sp³-hybridized carbons (Fsp3) is 0.0357. The molecule has 0 fully saturated rings. The lowest BCUT2D eigenvalue weighted by atomic mass is 9.93. The van der Waals surface area contributed by atoms with Gasteiger partial charge in [-0.2, -0.15) is 0 Å². The molecule has 6 aromatic rings. The van der Waals surface area contributed by atoms with Gasteiger partial charge in [0.1, 0.15) is 5.65 Å². The maximum atomic E-state index is 5.09. The van der Waals surface area contributed by atoms with E-state index in [-0.39, 0.29) is 0 Å². The molecule has 0 bridgehead atoms. The van der Waals surface area contributed by atoms with Gasteiger partial charge >= 0.3 is 0 Å². The predicted octanol–water partition coefficient (Wildman–Crippen LogP) is 7.41. The number of hydrogen-bond acceptors (Lipinski definition) is 1. The first kappa shape index (κ1) is 17.0. The van der Waals surface area contributed by atoms with E-state index in [0.717, 1.165) is 33.3 Å². The SMILES string of the molecule is C=Cc1c(-c2ccccc2C)c2nc3ccccc3n2c2cc3ccccc3cc12. The second-order valence-corrected chi connectivity index (χ2v) is 7.78. The zero-order valence-electron chi connectivity index (χ0n) is 16.8. The van der Waals surface area contributed by atoms with Crippen LogP contribution in [0.15, 0.2) is 91.5 Å². The van der Waals surface area contributed by atoms with Crippen molar-refractivity contribution < 1.29 is 0 Å². The smallest absolute Gasteiger partial charge is 0.146 e. The standard InChI is InChI=1S/C28H20N2/c1-3-21-23-16-19-11-5-6-12-20(19)17-26(23)30-25-15-9-8-14-24(25)29-28(30)27(21)22-13-7-4-10-18(22)2/h3-17H,1H2,2H3. The highest BCUT2D eigenvalue weighted by atomic mass is 15.0. The quantitative estimate of drug-likeness (QED) is 0.284. The number of rotatable bonds is 2. The molecule has 2 nitrogen and oxygen atoms in total. The highest BCUT2D eigenvalue weighted by molar-refractivity contribution is 6.09. The average Bonchev–Trinajstić information content (AvgIpc) is 3.17. The van der Waals surface area contributed by atoms with Gasteiger partial charge in [0, 0.05) is 10.9 Å². The molecule has 4 aromatic carbocycles. The van der Waals surface area contributed by atoms with Crippen LogP contribution in [0.5, 0.6) is 0 Å². The summed E-state index contributed by atoms with van der Waals surface area (Å²) >= 11 is 0. The summed E-state index contributed by atoms with van der Waals surface area (Å²) in [6, 6.07) is 30.0. The number of fused-ring (bicyclic) bond motifs is 6. The van der Waals surface area contributed by atoms with Crippen LogP contribution in [0.3, 0.4) is 0 Å². The van der Waals surface area contributed by atoms with Crippen molar-refractivity contribution in [2.24, 2.45) is 0 Å². The third-order valence-corrected chi connectivity index (χ3v) is 6.07. The van der Waals surface area contributed by atoms with Gasteiger partial charge in [-0.05, 0) is 58.7 Å². The molecule has 0 aliphatic heterocycles. The van der Waals surface area contributed by atoms with E-state index < -0.39 is 0 Å². The van der Waals surface area contributed by atoms with Crippen molar-refractivity contribution in [2.45, 2.75) is 6.92 Å². The summed E-state index contributed by atoms with van der Waals surface area (Å²) in [6.07, 6.45) is 1.98. The van der Waals surface area contributed by atoms with Crippen LogP contribution in [-0.4, -0.2) is 9.38 Å². The summed E-state index contributed by atoms with van der Waals surface area (Å²) in [7, 11) is 0. The molecule has 0 saturated carbocycles. The van der Waals surface area contributed by atoms with Gasteiger partial charge in [-0.1, -0.05) is 73.3 Å². The number of imidazole rings is 1. The summed E-state index contributed by atoms with van der Waals surface area (Å²) in [5.41, 5.74) is 8.96. The molecule has 0 amide bonds. The first-order valence-electron chi connectivity index (χ1n) is 10.2. The van der Waals surface area contributed by atoms with Crippen molar-refractivity contribution in [3.8, 4) is 11.1 Å². The Morgan fingerprint density at radius 1 is 0.800 bits per heavy atom. The second-order valence-electron chi connectivity index (χ2n) is 7.78. The van der Waals surface area contributed by atoms with Gasteiger partial charge in [0.15, 0.2) is 0 Å². The molecular formula is C28H20N2. The molecule has 142 valence electrons. The molecule has 0 atom stereocenters. The number of para-hydroxylation sites is 2. The highest BCUT2D eigenvalue weighted by Crippen LogP contribution is 2.39. The van der Waals surface area contributed by atoms with E-state index in [0.29, 0.717) is 0 Å². The first-order valence-corrected chi connectivity index (χ1v) is 10.2. The molecule has 2 heterocycles. The summed E-state index contributed by atoms with van der Waals surface area (Å²) in [5.74, 6) is 0. The van der Waals surface area contributed by atoms with Gasteiger partial charge < -0.3 is 0 Å². The van der Waals surface area contributed by atoms with Crippen LogP contribution in [0.2, 0.25) is 0 Å². The fourth-order valence-electron chi connectivity index (χ4n) is 4.65. The fourth-order valence-corrected chi connectivity index (χ4v) is 4.65. The largest absolute Gasteiger partial charge is 0.292 e. The molecule has 0 aliphatic carbocycles. The minimum Gasteiger partial charge on any atom is -0.292 e. The van der Waals surface area contributed by atoms with Crippen molar-refractivity contribution >= 4 is 44.4 Å². The summed E-state index contributed by atoms with van der Waals surface area (Å²) in [5, 5.41) is 3.65. The molecule has 0 N–H and O–H groups in total. The zero-order chi connectivity index (χ0) is 20.2. The van der Waals surface area contributed by atoms with E-state index in [2.05, 4.69) is 96.8 Å². The van der Waals surface area contributed by atoms with Gasteiger partial charge in [-0.3, -0.25) is 4.40 Å². The summed E-state index contributed by atoms with van der Waals surface area (Å²) in [4.78, 5) is 5.09. The van der Waals surface area contributed by atoms with Gasteiger partial charge in [0.25, 0.3) is 0 Å². The van der Waals surface area contributed by atoms with E-state index >= 15 is 0 Å². The van der Waals surface area contributed by atoms with E-state index in [4.69, 9.17) is 4.98 Å². The highest BCUT2D eigenvalue weighted by Gasteiger charge is 2.19. The van der Waals surface area contributed by atoms with Gasteiger partial charge in [-0.25, -0.2) is 4.98 Å². The topological polar surface area (TPSA) is 17.3 Å². The zero-order valence-corrected chi connectivity index (χ0v) is 16.8. The van der Waals surface area contributed by atoms with Crippen LogP contribution in [0.4, 0.5) is 0 Å². The normalized spacial score (nSPS) is 11.6. The van der Waals surface area contributed by atoms with Crippen LogP contribution < -0.4 is 0 Å². The Morgan fingerprint density at radius 3 is 2.30 bits per heavy atom. The number of hydrogen-bond donors (Lipinski definition) is 0. The van der Waals surface area contributed by atoms with E-state index in [1.807, 2.05) is 12.1 Å². The average molecular weight is 384 g/mol. The van der Waals surface area contributed by atoms with Crippen molar-refractivity contribution in [3.63, 3.8) is 0 Å². The Labute approximate surface area is 174 Å². The van der Waals surface area contributed by atoms with Crippen molar-refractivity contribution in [2.75, 3.05) is 0 Å². The summed E-state index contributed by atoms with van der Waals surface area (Å²) < 4.78 is 2.31. The third kappa shape index (κ3) is 2.28. The second kappa shape index (κ2) is 6.30. The van der Waals surface area contributed by atoms with Crippen molar-refractivity contribution in [1.82, 2.24) is 9.38 Å². The molecule has 30 heavy (non-hydrogen) atoms.